The van der Waals surface area contributed by atoms with E-state index in [2.05, 4.69) is 0 Å². The molecule has 156 valence electrons. The van der Waals surface area contributed by atoms with E-state index in [1.54, 1.807) is 72.8 Å². The normalized spacial score (nSPS) is 11.2. The van der Waals surface area contributed by atoms with Gasteiger partial charge in [0, 0.05) is 10.0 Å². The fourth-order valence-corrected chi connectivity index (χ4v) is 4.30. The quantitative estimate of drug-likeness (QED) is 0.294. The molecule has 4 aromatic carbocycles. The summed E-state index contributed by atoms with van der Waals surface area (Å²) >= 11 is 11.7. The molecule has 4 rings (SSSR count). The predicted molar refractivity (Wildman–Crippen MR) is 121 cm³/mol. The Morgan fingerprint density at radius 1 is 0.452 bits per heavy atom. The molecule has 0 atom stereocenters. The van der Waals surface area contributed by atoms with E-state index in [1.807, 2.05) is 0 Å². The third-order valence-corrected chi connectivity index (χ3v) is 6.66. The molecule has 0 aromatic heterocycles. The topological polar surface area (TPSA) is 52.6 Å². The Hall–Kier alpha value is -2.99. The van der Waals surface area contributed by atoms with Crippen LogP contribution in [0.5, 0.6) is 23.0 Å². The van der Waals surface area contributed by atoms with Crippen LogP contribution >= 0.6 is 23.2 Å². The van der Waals surface area contributed by atoms with Crippen LogP contribution < -0.4 is 9.47 Å². The van der Waals surface area contributed by atoms with Crippen molar-refractivity contribution in [3.05, 3.63) is 107 Å². The van der Waals surface area contributed by atoms with Crippen molar-refractivity contribution in [3.63, 3.8) is 0 Å². The van der Waals surface area contributed by atoms with Crippen LogP contribution in [0, 0.1) is 0 Å². The van der Waals surface area contributed by atoms with E-state index >= 15 is 0 Å². The van der Waals surface area contributed by atoms with Gasteiger partial charge in [-0.05, 0) is 97.1 Å². The lowest BCUT2D eigenvalue weighted by atomic mass is 10.3. The van der Waals surface area contributed by atoms with Crippen molar-refractivity contribution in [2.45, 2.75) is 9.79 Å². The van der Waals surface area contributed by atoms with Gasteiger partial charge in [0.05, 0.1) is 9.79 Å². The summed E-state index contributed by atoms with van der Waals surface area (Å²) < 4.78 is 37.3. The molecule has 0 aliphatic carbocycles. The highest BCUT2D eigenvalue weighted by Crippen LogP contribution is 2.29. The van der Waals surface area contributed by atoms with Gasteiger partial charge in [-0.3, -0.25) is 0 Å². The lowest BCUT2D eigenvalue weighted by Gasteiger charge is -2.09. The Bertz CT molecular complexity index is 1170. The standard InChI is InChI=1S/C24H16Cl2O4S/c25-17-1-5-19(6-2-17)29-21-9-13-23(14-10-21)31(27,28)24-15-11-22(12-16-24)30-20-7-3-18(26)4-8-20/h1-16H. The van der Waals surface area contributed by atoms with Gasteiger partial charge in [-0.15, -0.1) is 0 Å². The van der Waals surface area contributed by atoms with Crippen LogP contribution in [0.25, 0.3) is 0 Å². The van der Waals surface area contributed by atoms with Crippen LogP contribution in [0.15, 0.2) is 107 Å². The number of ether oxygens (including phenoxy) is 2. The molecule has 0 radical (unpaired) electrons. The highest BCUT2D eigenvalue weighted by atomic mass is 35.5. The third-order valence-electron chi connectivity index (χ3n) is 4.37. The van der Waals surface area contributed by atoms with Crippen LogP contribution in [0.3, 0.4) is 0 Å². The summed E-state index contributed by atoms with van der Waals surface area (Å²) in [4.78, 5) is 0.338. The fraction of sp³-hybridized carbons (Fsp3) is 0. The number of sulfone groups is 1. The maximum atomic E-state index is 12.9. The lowest BCUT2D eigenvalue weighted by molar-refractivity contribution is 0.482. The summed E-state index contributed by atoms with van der Waals surface area (Å²) in [5, 5.41) is 1.22. The number of halogens is 2. The van der Waals surface area contributed by atoms with Crippen molar-refractivity contribution in [1.29, 1.82) is 0 Å². The van der Waals surface area contributed by atoms with E-state index < -0.39 is 9.84 Å². The molecule has 7 heteroatoms. The minimum absolute atomic E-state index is 0.169. The van der Waals surface area contributed by atoms with E-state index in [0.29, 0.717) is 33.0 Å². The van der Waals surface area contributed by atoms with E-state index in [4.69, 9.17) is 32.7 Å². The Kier molecular flexibility index (Phi) is 6.18. The summed E-state index contributed by atoms with van der Waals surface area (Å²) in [6.07, 6.45) is 0. The molecule has 0 amide bonds. The molecule has 0 aliphatic heterocycles. The summed E-state index contributed by atoms with van der Waals surface area (Å²) in [6.45, 7) is 0. The highest BCUT2D eigenvalue weighted by Gasteiger charge is 2.18. The number of hydrogen-bond acceptors (Lipinski definition) is 4. The van der Waals surface area contributed by atoms with Gasteiger partial charge in [-0.2, -0.15) is 0 Å². The zero-order valence-corrected chi connectivity index (χ0v) is 18.4. The zero-order chi connectivity index (χ0) is 21.8. The van der Waals surface area contributed by atoms with Crippen LogP contribution in [0.2, 0.25) is 10.0 Å². The van der Waals surface area contributed by atoms with Gasteiger partial charge in [0.25, 0.3) is 0 Å². The molecule has 0 spiro atoms. The molecule has 31 heavy (non-hydrogen) atoms. The van der Waals surface area contributed by atoms with Gasteiger partial charge in [-0.25, -0.2) is 8.42 Å². The smallest absolute Gasteiger partial charge is 0.206 e. The molecular formula is C24H16Cl2O4S. The number of benzene rings is 4. The third kappa shape index (κ3) is 5.20. The molecule has 0 saturated heterocycles. The van der Waals surface area contributed by atoms with Crippen molar-refractivity contribution < 1.29 is 17.9 Å². The zero-order valence-electron chi connectivity index (χ0n) is 16.0. The molecule has 0 aliphatic rings. The molecule has 4 aromatic rings. The van der Waals surface area contributed by atoms with E-state index in [1.165, 1.54) is 24.3 Å². The monoisotopic (exact) mass is 470 g/mol. The predicted octanol–water partition coefficient (Wildman–Crippen LogP) is 7.41. The van der Waals surface area contributed by atoms with E-state index in [-0.39, 0.29) is 9.79 Å². The largest absolute Gasteiger partial charge is 0.457 e. The first-order valence-electron chi connectivity index (χ1n) is 9.22. The van der Waals surface area contributed by atoms with Crippen LogP contribution in [0.1, 0.15) is 0 Å². The Morgan fingerprint density at radius 3 is 1.00 bits per heavy atom. The van der Waals surface area contributed by atoms with E-state index in [9.17, 15) is 8.42 Å². The lowest BCUT2D eigenvalue weighted by Crippen LogP contribution is -2.01. The Balaban J connectivity index is 1.48. The van der Waals surface area contributed by atoms with Gasteiger partial charge < -0.3 is 9.47 Å². The molecule has 0 heterocycles. The van der Waals surface area contributed by atoms with Crippen molar-refractivity contribution >= 4 is 33.0 Å². The fourth-order valence-electron chi connectivity index (χ4n) is 2.79. The van der Waals surface area contributed by atoms with Gasteiger partial charge in [0.15, 0.2) is 0 Å². The van der Waals surface area contributed by atoms with Crippen molar-refractivity contribution in [3.8, 4) is 23.0 Å². The molecule has 0 saturated carbocycles. The second kappa shape index (κ2) is 9.02. The van der Waals surface area contributed by atoms with Crippen LogP contribution in [-0.2, 0) is 9.84 Å². The Morgan fingerprint density at radius 2 is 0.710 bits per heavy atom. The molecule has 0 N–H and O–H groups in total. The maximum Gasteiger partial charge on any atom is 0.206 e. The Labute approximate surface area is 190 Å². The van der Waals surface area contributed by atoms with E-state index in [0.717, 1.165) is 0 Å². The second-order valence-corrected chi connectivity index (χ2v) is 9.38. The highest BCUT2D eigenvalue weighted by molar-refractivity contribution is 7.91. The van der Waals surface area contributed by atoms with Crippen molar-refractivity contribution in [2.75, 3.05) is 0 Å². The maximum absolute atomic E-state index is 12.9. The summed E-state index contributed by atoms with van der Waals surface area (Å²) in [6, 6.07) is 26.3. The average molecular weight is 471 g/mol. The van der Waals surface area contributed by atoms with Gasteiger partial charge in [-0.1, -0.05) is 23.2 Å². The van der Waals surface area contributed by atoms with Crippen molar-refractivity contribution in [1.82, 2.24) is 0 Å². The van der Waals surface area contributed by atoms with Gasteiger partial charge in [0.2, 0.25) is 9.84 Å². The molecule has 4 nitrogen and oxygen atoms in total. The summed E-state index contributed by atoms with van der Waals surface area (Å²) in [5.74, 6) is 2.26. The van der Waals surface area contributed by atoms with Crippen LogP contribution in [0.4, 0.5) is 0 Å². The number of hydrogen-bond donors (Lipinski definition) is 0. The SMILES string of the molecule is O=S(=O)(c1ccc(Oc2ccc(Cl)cc2)cc1)c1ccc(Oc2ccc(Cl)cc2)cc1. The minimum Gasteiger partial charge on any atom is -0.457 e. The number of rotatable bonds is 6. The molecule has 0 fully saturated rings. The first kappa shape index (κ1) is 21.2. The first-order valence-corrected chi connectivity index (χ1v) is 11.5. The average Bonchev–Trinajstić information content (AvgIpc) is 2.78. The minimum atomic E-state index is -3.68. The molecule has 0 bridgehead atoms. The van der Waals surface area contributed by atoms with Gasteiger partial charge in [0.1, 0.15) is 23.0 Å². The summed E-state index contributed by atoms with van der Waals surface area (Å²) in [7, 11) is -3.68. The summed E-state index contributed by atoms with van der Waals surface area (Å²) in [5.41, 5.74) is 0. The van der Waals surface area contributed by atoms with Crippen molar-refractivity contribution in [2.24, 2.45) is 0 Å². The second-order valence-electron chi connectivity index (χ2n) is 6.56. The molecular weight excluding hydrogens is 455 g/mol. The first-order chi connectivity index (χ1) is 14.9. The van der Waals surface area contributed by atoms with Crippen LogP contribution in [-0.4, -0.2) is 8.42 Å². The van der Waals surface area contributed by atoms with Gasteiger partial charge >= 0.3 is 0 Å². The molecule has 0 unspecified atom stereocenters.